The van der Waals surface area contributed by atoms with Crippen molar-refractivity contribution in [3.05, 3.63) is 30.5 Å². The first-order valence-electron chi connectivity index (χ1n) is 7.80. The van der Waals surface area contributed by atoms with Gasteiger partial charge < -0.3 is 20.3 Å². The number of fused-ring (bicyclic) bond motifs is 1. The lowest BCUT2D eigenvalue weighted by molar-refractivity contribution is 0.167. The van der Waals surface area contributed by atoms with Crippen LogP contribution in [0.3, 0.4) is 0 Å². The number of nitrogens with zero attached hydrogens (tertiary/aromatic N) is 1. The van der Waals surface area contributed by atoms with Crippen molar-refractivity contribution in [1.82, 2.24) is 9.88 Å². The van der Waals surface area contributed by atoms with Gasteiger partial charge >= 0.3 is 6.03 Å². The SMILES string of the molecule is CCCC(C)(CO)NC(=O)Nc1ccc2ccn(CC)c2c1. The van der Waals surface area contributed by atoms with Gasteiger partial charge in [-0.2, -0.15) is 0 Å². The van der Waals surface area contributed by atoms with E-state index in [0.29, 0.717) is 0 Å². The molecule has 0 spiro atoms. The van der Waals surface area contributed by atoms with E-state index in [2.05, 4.69) is 28.2 Å². The normalized spacial score (nSPS) is 13.8. The van der Waals surface area contributed by atoms with Gasteiger partial charge in [-0.15, -0.1) is 0 Å². The van der Waals surface area contributed by atoms with E-state index in [1.807, 2.05) is 38.2 Å². The molecule has 1 aromatic heterocycles. The summed E-state index contributed by atoms with van der Waals surface area (Å²) in [7, 11) is 0. The van der Waals surface area contributed by atoms with Gasteiger partial charge in [0.1, 0.15) is 0 Å². The third kappa shape index (κ3) is 3.60. The van der Waals surface area contributed by atoms with Crippen molar-refractivity contribution in [2.45, 2.75) is 45.7 Å². The molecule has 2 rings (SSSR count). The number of aryl methyl sites for hydroxylation is 1. The number of aliphatic hydroxyl groups is 1. The second kappa shape index (κ2) is 6.83. The van der Waals surface area contributed by atoms with E-state index in [1.54, 1.807) is 0 Å². The molecule has 1 unspecified atom stereocenters. The van der Waals surface area contributed by atoms with Crippen molar-refractivity contribution >= 4 is 22.6 Å². The molecule has 0 aliphatic carbocycles. The standard InChI is InChI=1S/C17H25N3O2/c1-4-9-17(3,12-21)19-16(22)18-14-7-6-13-8-10-20(5-2)15(13)11-14/h6-8,10-11,21H,4-5,9,12H2,1-3H3,(H2,18,19,22). The third-order valence-corrected chi connectivity index (χ3v) is 3.94. The zero-order valence-electron chi connectivity index (χ0n) is 13.5. The van der Waals surface area contributed by atoms with E-state index in [9.17, 15) is 9.90 Å². The quantitative estimate of drug-likeness (QED) is 0.766. The highest BCUT2D eigenvalue weighted by atomic mass is 16.3. The molecule has 22 heavy (non-hydrogen) atoms. The maximum atomic E-state index is 12.2. The summed E-state index contributed by atoms with van der Waals surface area (Å²) in [6.07, 6.45) is 3.67. The Morgan fingerprint density at radius 1 is 1.32 bits per heavy atom. The third-order valence-electron chi connectivity index (χ3n) is 3.94. The predicted molar refractivity (Wildman–Crippen MR) is 90.2 cm³/mol. The topological polar surface area (TPSA) is 66.3 Å². The first-order valence-corrected chi connectivity index (χ1v) is 7.80. The number of aliphatic hydroxyl groups excluding tert-OH is 1. The highest BCUT2D eigenvalue weighted by Crippen LogP contribution is 2.21. The van der Waals surface area contributed by atoms with Gasteiger partial charge in [-0.1, -0.05) is 19.4 Å². The fourth-order valence-electron chi connectivity index (χ4n) is 2.71. The number of carbonyl (C=O) groups excluding carboxylic acids is 1. The number of aromatic nitrogens is 1. The average Bonchev–Trinajstić information content (AvgIpc) is 2.89. The summed E-state index contributed by atoms with van der Waals surface area (Å²) in [5.74, 6) is 0. The van der Waals surface area contributed by atoms with Crippen LogP contribution < -0.4 is 10.6 Å². The lowest BCUT2D eigenvalue weighted by atomic mass is 9.98. The van der Waals surface area contributed by atoms with Gasteiger partial charge in [-0.3, -0.25) is 0 Å². The van der Waals surface area contributed by atoms with Crippen molar-refractivity contribution < 1.29 is 9.90 Å². The molecular formula is C17H25N3O2. The van der Waals surface area contributed by atoms with Crippen molar-refractivity contribution in [3.63, 3.8) is 0 Å². The summed E-state index contributed by atoms with van der Waals surface area (Å²) < 4.78 is 2.13. The van der Waals surface area contributed by atoms with Crippen LogP contribution in [0.5, 0.6) is 0 Å². The Bertz CT molecular complexity index is 650. The molecule has 5 heteroatoms. The Labute approximate surface area is 131 Å². The minimum atomic E-state index is -0.591. The molecule has 3 N–H and O–H groups in total. The van der Waals surface area contributed by atoms with Crippen LogP contribution in [0.2, 0.25) is 0 Å². The van der Waals surface area contributed by atoms with Crippen molar-refractivity contribution in [2.75, 3.05) is 11.9 Å². The Morgan fingerprint density at radius 2 is 2.09 bits per heavy atom. The number of nitrogens with one attached hydrogen (secondary N) is 2. The monoisotopic (exact) mass is 303 g/mol. The Hall–Kier alpha value is -2.01. The molecule has 0 radical (unpaired) electrons. The number of rotatable bonds is 6. The first kappa shape index (κ1) is 16.4. The van der Waals surface area contributed by atoms with Crippen LogP contribution >= 0.6 is 0 Å². The summed E-state index contributed by atoms with van der Waals surface area (Å²) in [4.78, 5) is 12.2. The van der Waals surface area contributed by atoms with Crippen LogP contribution in [0.4, 0.5) is 10.5 Å². The Morgan fingerprint density at radius 3 is 2.73 bits per heavy atom. The number of amides is 2. The zero-order valence-corrected chi connectivity index (χ0v) is 13.5. The predicted octanol–water partition coefficient (Wildman–Crippen LogP) is 3.33. The largest absolute Gasteiger partial charge is 0.394 e. The average molecular weight is 303 g/mol. The van der Waals surface area contributed by atoms with E-state index in [4.69, 9.17) is 0 Å². The number of hydrogen-bond acceptors (Lipinski definition) is 2. The van der Waals surface area contributed by atoms with Gasteiger partial charge in [-0.05, 0) is 43.9 Å². The maximum Gasteiger partial charge on any atom is 0.319 e. The molecule has 1 aromatic carbocycles. The second-order valence-electron chi connectivity index (χ2n) is 5.92. The van der Waals surface area contributed by atoms with Gasteiger partial charge in [0.25, 0.3) is 0 Å². The van der Waals surface area contributed by atoms with Crippen LogP contribution in [-0.4, -0.2) is 27.9 Å². The van der Waals surface area contributed by atoms with Crippen LogP contribution in [0.1, 0.15) is 33.6 Å². The second-order valence-corrected chi connectivity index (χ2v) is 5.92. The smallest absolute Gasteiger partial charge is 0.319 e. The molecule has 2 amide bonds. The Balaban J connectivity index is 2.11. The van der Waals surface area contributed by atoms with Crippen LogP contribution in [0, 0.1) is 0 Å². The van der Waals surface area contributed by atoms with Gasteiger partial charge in [0.15, 0.2) is 0 Å². The molecule has 0 bridgehead atoms. The number of anilines is 1. The van der Waals surface area contributed by atoms with Gasteiger partial charge in [-0.25, -0.2) is 4.79 Å². The molecule has 0 aliphatic heterocycles. The van der Waals surface area contributed by atoms with Crippen molar-refractivity contribution in [1.29, 1.82) is 0 Å². The first-order chi connectivity index (χ1) is 10.5. The summed E-state index contributed by atoms with van der Waals surface area (Å²) in [5.41, 5.74) is 1.25. The number of hydrogen-bond donors (Lipinski definition) is 3. The number of carbonyl (C=O) groups is 1. The van der Waals surface area contributed by atoms with Crippen LogP contribution in [0.15, 0.2) is 30.5 Å². The molecule has 5 nitrogen and oxygen atoms in total. The molecule has 2 aromatic rings. The van der Waals surface area contributed by atoms with E-state index >= 15 is 0 Å². The highest BCUT2D eigenvalue weighted by molar-refractivity contribution is 5.93. The zero-order chi connectivity index (χ0) is 16.2. The summed E-state index contributed by atoms with van der Waals surface area (Å²) in [6.45, 7) is 6.77. The molecule has 0 saturated heterocycles. The van der Waals surface area contributed by atoms with Crippen molar-refractivity contribution in [3.8, 4) is 0 Å². The van der Waals surface area contributed by atoms with Gasteiger partial charge in [0.2, 0.25) is 0 Å². The van der Waals surface area contributed by atoms with E-state index in [0.717, 1.165) is 36.0 Å². The lowest BCUT2D eigenvalue weighted by Gasteiger charge is -2.28. The molecule has 120 valence electrons. The fourth-order valence-corrected chi connectivity index (χ4v) is 2.71. The molecule has 0 aliphatic rings. The minimum Gasteiger partial charge on any atom is -0.394 e. The van der Waals surface area contributed by atoms with Gasteiger partial charge in [0, 0.05) is 18.4 Å². The van der Waals surface area contributed by atoms with Crippen LogP contribution in [-0.2, 0) is 6.54 Å². The molecule has 1 heterocycles. The van der Waals surface area contributed by atoms with Crippen LogP contribution in [0.25, 0.3) is 10.9 Å². The number of benzene rings is 1. The van der Waals surface area contributed by atoms with E-state index < -0.39 is 5.54 Å². The molecule has 1 atom stereocenters. The Kier molecular flexibility index (Phi) is 5.08. The summed E-state index contributed by atoms with van der Waals surface area (Å²) in [6, 6.07) is 7.62. The maximum absolute atomic E-state index is 12.2. The summed E-state index contributed by atoms with van der Waals surface area (Å²) in [5, 5.41) is 16.3. The van der Waals surface area contributed by atoms with Gasteiger partial charge in [0.05, 0.1) is 17.7 Å². The summed E-state index contributed by atoms with van der Waals surface area (Å²) >= 11 is 0. The molecule has 0 fully saturated rings. The number of urea groups is 1. The molecule has 0 saturated carbocycles. The molecular weight excluding hydrogens is 278 g/mol. The van der Waals surface area contributed by atoms with E-state index in [1.165, 1.54) is 0 Å². The van der Waals surface area contributed by atoms with Crippen molar-refractivity contribution in [2.24, 2.45) is 0 Å². The lowest BCUT2D eigenvalue weighted by Crippen LogP contribution is -2.50. The highest BCUT2D eigenvalue weighted by Gasteiger charge is 2.24. The van der Waals surface area contributed by atoms with E-state index in [-0.39, 0.29) is 12.6 Å². The minimum absolute atomic E-state index is 0.0774. The fraction of sp³-hybridized carbons (Fsp3) is 0.471.